The van der Waals surface area contributed by atoms with E-state index in [0.717, 1.165) is 34.9 Å². The number of alkyl halides is 1. The Hall–Kier alpha value is -0.400. The number of rotatable bonds is 4. The average molecular weight is 298 g/mol. The standard InChI is InChI=1S/C16H21Cl2N/c1-19(10-13-8-11-5-6-12(13)7-11)16-4-2-3-15(18)14(16)9-17/h2-4,11-13H,5-10H2,1H3. The monoisotopic (exact) mass is 297 g/mol. The van der Waals surface area contributed by atoms with E-state index in [-0.39, 0.29) is 0 Å². The van der Waals surface area contributed by atoms with Gasteiger partial charge in [0.15, 0.2) is 0 Å². The van der Waals surface area contributed by atoms with Crippen LogP contribution in [0.4, 0.5) is 5.69 Å². The topological polar surface area (TPSA) is 3.24 Å². The third-order valence-corrected chi connectivity index (χ3v) is 5.65. The molecule has 2 bridgehead atoms. The largest absolute Gasteiger partial charge is 0.374 e. The van der Waals surface area contributed by atoms with Crippen LogP contribution in [0.5, 0.6) is 0 Å². The number of hydrogen-bond donors (Lipinski definition) is 0. The molecule has 3 rings (SSSR count). The molecule has 0 heterocycles. The maximum atomic E-state index is 6.24. The Bertz CT molecular complexity index is 460. The molecule has 104 valence electrons. The zero-order chi connectivity index (χ0) is 13.4. The predicted molar refractivity (Wildman–Crippen MR) is 83.2 cm³/mol. The Morgan fingerprint density at radius 3 is 2.74 bits per heavy atom. The van der Waals surface area contributed by atoms with Crippen LogP contribution < -0.4 is 4.90 Å². The van der Waals surface area contributed by atoms with E-state index in [9.17, 15) is 0 Å². The van der Waals surface area contributed by atoms with Gasteiger partial charge in [0.05, 0.1) is 5.88 Å². The van der Waals surface area contributed by atoms with Gasteiger partial charge in [0.2, 0.25) is 0 Å². The summed E-state index contributed by atoms with van der Waals surface area (Å²) in [5, 5.41) is 0.785. The van der Waals surface area contributed by atoms with Crippen molar-refractivity contribution in [3.63, 3.8) is 0 Å². The molecular formula is C16H21Cl2N. The van der Waals surface area contributed by atoms with Crippen LogP contribution in [0.1, 0.15) is 31.2 Å². The number of anilines is 1. The highest BCUT2D eigenvalue weighted by Crippen LogP contribution is 2.48. The molecule has 0 radical (unpaired) electrons. The van der Waals surface area contributed by atoms with E-state index >= 15 is 0 Å². The zero-order valence-corrected chi connectivity index (χ0v) is 12.9. The summed E-state index contributed by atoms with van der Waals surface area (Å²) in [5.74, 6) is 3.32. The second-order valence-electron chi connectivity index (χ2n) is 6.19. The molecule has 1 aromatic rings. The first-order valence-electron chi connectivity index (χ1n) is 7.23. The van der Waals surface area contributed by atoms with Crippen LogP contribution in [0.3, 0.4) is 0 Å². The van der Waals surface area contributed by atoms with Crippen molar-refractivity contribution in [2.75, 3.05) is 18.5 Å². The highest BCUT2D eigenvalue weighted by molar-refractivity contribution is 6.32. The van der Waals surface area contributed by atoms with E-state index in [1.54, 1.807) is 0 Å². The molecule has 19 heavy (non-hydrogen) atoms. The molecule has 1 aromatic carbocycles. The van der Waals surface area contributed by atoms with Gasteiger partial charge in [-0.1, -0.05) is 24.1 Å². The van der Waals surface area contributed by atoms with Crippen molar-refractivity contribution in [1.82, 2.24) is 0 Å². The van der Waals surface area contributed by atoms with Crippen molar-refractivity contribution in [1.29, 1.82) is 0 Å². The van der Waals surface area contributed by atoms with Gasteiger partial charge in [-0.15, -0.1) is 11.6 Å². The number of fused-ring (bicyclic) bond motifs is 2. The lowest BCUT2D eigenvalue weighted by molar-refractivity contribution is 0.337. The van der Waals surface area contributed by atoms with E-state index in [2.05, 4.69) is 18.0 Å². The third-order valence-electron chi connectivity index (χ3n) is 5.03. The van der Waals surface area contributed by atoms with E-state index in [1.807, 2.05) is 12.1 Å². The third kappa shape index (κ3) is 2.60. The minimum absolute atomic E-state index is 0.482. The summed E-state index contributed by atoms with van der Waals surface area (Å²) in [7, 11) is 2.17. The Balaban J connectivity index is 1.73. The first kappa shape index (κ1) is 13.6. The molecular weight excluding hydrogens is 277 g/mol. The minimum Gasteiger partial charge on any atom is -0.374 e. The lowest BCUT2D eigenvalue weighted by Crippen LogP contribution is -2.29. The van der Waals surface area contributed by atoms with Crippen LogP contribution in [0.15, 0.2) is 18.2 Å². The fourth-order valence-corrected chi connectivity index (χ4v) is 4.67. The van der Waals surface area contributed by atoms with Crippen LogP contribution in [0, 0.1) is 17.8 Å². The van der Waals surface area contributed by atoms with Crippen molar-refractivity contribution >= 4 is 28.9 Å². The molecule has 2 aliphatic rings. The summed E-state index contributed by atoms with van der Waals surface area (Å²) in [6.07, 6.45) is 5.80. The average Bonchev–Trinajstić information content (AvgIpc) is 3.00. The minimum atomic E-state index is 0.482. The summed E-state index contributed by atoms with van der Waals surface area (Å²) in [5.41, 5.74) is 2.27. The van der Waals surface area contributed by atoms with Crippen molar-refractivity contribution in [3.8, 4) is 0 Å². The summed E-state index contributed by atoms with van der Waals surface area (Å²) in [4.78, 5) is 2.36. The molecule has 3 atom stereocenters. The summed E-state index contributed by atoms with van der Waals surface area (Å²) >= 11 is 12.3. The van der Waals surface area contributed by atoms with Gasteiger partial charge in [-0.3, -0.25) is 0 Å². The second-order valence-corrected chi connectivity index (χ2v) is 6.86. The molecule has 3 heteroatoms. The molecule has 3 unspecified atom stereocenters. The molecule has 2 fully saturated rings. The van der Waals surface area contributed by atoms with Gasteiger partial charge in [0, 0.05) is 29.9 Å². The van der Waals surface area contributed by atoms with Crippen molar-refractivity contribution in [2.45, 2.75) is 31.6 Å². The normalized spacial score (nSPS) is 28.9. The Morgan fingerprint density at radius 2 is 2.11 bits per heavy atom. The first-order chi connectivity index (χ1) is 9.19. The summed E-state index contributed by atoms with van der Waals surface area (Å²) in [6.45, 7) is 1.14. The van der Waals surface area contributed by atoms with E-state index in [4.69, 9.17) is 23.2 Å². The molecule has 2 aliphatic carbocycles. The van der Waals surface area contributed by atoms with Crippen LogP contribution in [-0.4, -0.2) is 13.6 Å². The maximum Gasteiger partial charge on any atom is 0.0509 e. The lowest BCUT2D eigenvalue weighted by Gasteiger charge is -2.30. The summed E-state index contributed by atoms with van der Waals surface area (Å²) in [6, 6.07) is 6.08. The molecule has 0 aliphatic heterocycles. The molecule has 0 saturated heterocycles. The number of hydrogen-bond acceptors (Lipinski definition) is 1. The number of benzene rings is 1. The van der Waals surface area contributed by atoms with Gasteiger partial charge in [0.25, 0.3) is 0 Å². The van der Waals surface area contributed by atoms with Gasteiger partial charge >= 0.3 is 0 Å². The molecule has 2 saturated carbocycles. The second kappa shape index (κ2) is 5.54. The summed E-state index contributed by atoms with van der Waals surface area (Å²) < 4.78 is 0. The van der Waals surface area contributed by atoms with E-state index < -0.39 is 0 Å². The molecule has 1 nitrogen and oxygen atoms in total. The van der Waals surface area contributed by atoms with Crippen molar-refractivity contribution in [3.05, 3.63) is 28.8 Å². The first-order valence-corrected chi connectivity index (χ1v) is 8.14. The smallest absolute Gasteiger partial charge is 0.0509 e. The lowest BCUT2D eigenvalue weighted by atomic mass is 9.88. The molecule has 0 N–H and O–H groups in total. The fourth-order valence-electron chi connectivity index (χ4n) is 4.09. The molecule has 0 aromatic heterocycles. The van der Waals surface area contributed by atoms with Crippen LogP contribution >= 0.6 is 23.2 Å². The fraction of sp³-hybridized carbons (Fsp3) is 0.625. The Labute approximate surface area is 125 Å². The number of halogens is 2. The van der Waals surface area contributed by atoms with E-state index in [1.165, 1.54) is 31.4 Å². The van der Waals surface area contributed by atoms with E-state index in [0.29, 0.717) is 5.88 Å². The number of nitrogens with zero attached hydrogens (tertiary/aromatic N) is 1. The van der Waals surface area contributed by atoms with Gasteiger partial charge in [-0.25, -0.2) is 0 Å². The SMILES string of the molecule is CN(CC1CC2CCC1C2)c1cccc(Cl)c1CCl. The highest BCUT2D eigenvalue weighted by atomic mass is 35.5. The Kier molecular flexibility index (Phi) is 3.96. The highest BCUT2D eigenvalue weighted by Gasteiger charge is 2.39. The van der Waals surface area contributed by atoms with Crippen LogP contribution in [0.2, 0.25) is 5.02 Å². The predicted octanol–water partition coefficient (Wildman–Crippen LogP) is 4.95. The zero-order valence-electron chi connectivity index (χ0n) is 11.4. The van der Waals surface area contributed by atoms with Crippen molar-refractivity contribution in [2.24, 2.45) is 17.8 Å². The van der Waals surface area contributed by atoms with Crippen LogP contribution in [0.25, 0.3) is 0 Å². The molecule has 0 amide bonds. The maximum absolute atomic E-state index is 6.24. The molecule has 0 spiro atoms. The van der Waals surface area contributed by atoms with Gasteiger partial charge in [0.1, 0.15) is 0 Å². The van der Waals surface area contributed by atoms with Crippen LogP contribution in [-0.2, 0) is 5.88 Å². The van der Waals surface area contributed by atoms with Gasteiger partial charge in [-0.2, -0.15) is 0 Å². The van der Waals surface area contributed by atoms with Gasteiger partial charge < -0.3 is 4.90 Å². The van der Waals surface area contributed by atoms with Gasteiger partial charge in [-0.05, 0) is 49.1 Å². The van der Waals surface area contributed by atoms with Crippen molar-refractivity contribution < 1.29 is 0 Å². The Morgan fingerprint density at radius 1 is 1.26 bits per heavy atom. The quantitative estimate of drug-likeness (QED) is 0.711.